The highest BCUT2D eigenvalue weighted by molar-refractivity contribution is 14.1. The SMILES string of the molecule is NC(=O)Nc1cc(-c2cccc(I)c2)sc1C(=O)N[C@H]1CCCNC1. The zero-order chi connectivity index (χ0) is 17.8. The number of amides is 3. The summed E-state index contributed by atoms with van der Waals surface area (Å²) in [7, 11) is 0. The summed E-state index contributed by atoms with van der Waals surface area (Å²) in [4.78, 5) is 25.4. The third kappa shape index (κ3) is 4.71. The fraction of sp³-hybridized carbons (Fsp3) is 0.294. The summed E-state index contributed by atoms with van der Waals surface area (Å²) >= 11 is 3.60. The van der Waals surface area contributed by atoms with Gasteiger partial charge in [-0.15, -0.1) is 11.3 Å². The first kappa shape index (κ1) is 18.2. The molecule has 0 radical (unpaired) electrons. The van der Waals surface area contributed by atoms with Crippen LogP contribution in [-0.2, 0) is 0 Å². The Kier molecular flexibility index (Phi) is 5.92. The van der Waals surface area contributed by atoms with Gasteiger partial charge in [-0.2, -0.15) is 0 Å². The molecule has 6 nitrogen and oxygen atoms in total. The van der Waals surface area contributed by atoms with Gasteiger partial charge >= 0.3 is 6.03 Å². The maximum Gasteiger partial charge on any atom is 0.316 e. The number of halogens is 1. The molecule has 1 aromatic heterocycles. The van der Waals surface area contributed by atoms with Crippen LogP contribution >= 0.6 is 33.9 Å². The van der Waals surface area contributed by atoms with Crippen molar-refractivity contribution in [3.63, 3.8) is 0 Å². The van der Waals surface area contributed by atoms with Gasteiger partial charge < -0.3 is 21.7 Å². The van der Waals surface area contributed by atoms with E-state index in [1.54, 1.807) is 6.07 Å². The molecule has 25 heavy (non-hydrogen) atoms. The Labute approximate surface area is 163 Å². The summed E-state index contributed by atoms with van der Waals surface area (Å²) in [5.74, 6) is -0.181. The van der Waals surface area contributed by atoms with E-state index in [1.165, 1.54) is 11.3 Å². The molecule has 0 bridgehead atoms. The number of carbonyl (C=O) groups excluding carboxylic acids is 2. The highest BCUT2D eigenvalue weighted by atomic mass is 127. The van der Waals surface area contributed by atoms with Crippen molar-refractivity contribution >= 4 is 51.6 Å². The van der Waals surface area contributed by atoms with Gasteiger partial charge in [0, 0.05) is 21.0 Å². The minimum atomic E-state index is -0.680. The average molecular weight is 470 g/mol. The Bertz CT molecular complexity index is 787. The molecule has 1 saturated heterocycles. The van der Waals surface area contributed by atoms with Gasteiger partial charge in [-0.25, -0.2) is 4.79 Å². The number of rotatable bonds is 4. The van der Waals surface area contributed by atoms with Crippen LogP contribution in [0.2, 0.25) is 0 Å². The van der Waals surface area contributed by atoms with Gasteiger partial charge in [0.2, 0.25) is 0 Å². The second-order valence-electron chi connectivity index (χ2n) is 5.87. The van der Waals surface area contributed by atoms with E-state index in [9.17, 15) is 9.59 Å². The monoisotopic (exact) mass is 470 g/mol. The van der Waals surface area contributed by atoms with Gasteiger partial charge in [0.1, 0.15) is 4.88 Å². The molecule has 1 fully saturated rings. The number of primary amides is 1. The zero-order valence-electron chi connectivity index (χ0n) is 13.5. The van der Waals surface area contributed by atoms with Crippen molar-refractivity contribution in [1.82, 2.24) is 10.6 Å². The second-order valence-corrected chi connectivity index (χ2v) is 8.17. The van der Waals surface area contributed by atoms with Crippen LogP contribution in [0.1, 0.15) is 22.5 Å². The van der Waals surface area contributed by atoms with E-state index in [1.807, 2.05) is 24.3 Å². The molecular weight excluding hydrogens is 451 g/mol. The number of hydrogen-bond acceptors (Lipinski definition) is 4. The molecule has 0 unspecified atom stereocenters. The number of benzene rings is 1. The van der Waals surface area contributed by atoms with Crippen molar-refractivity contribution < 1.29 is 9.59 Å². The largest absolute Gasteiger partial charge is 0.351 e. The Morgan fingerprint density at radius 1 is 1.32 bits per heavy atom. The molecule has 1 aliphatic heterocycles. The first-order valence-corrected chi connectivity index (χ1v) is 9.90. The van der Waals surface area contributed by atoms with Crippen molar-refractivity contribution in [3.05, 3.63) is 38.8 Å². The Morgan fingerprint density at radius 3 is 2.84 bits per heavy atom. The van der Waals surface area contributed by atoms with Gasteiger partial charge in [0.05, 0.1) is 5.69 Å². The molecule has 0 saturated carbocycles. The molecule has 0 spiro atoms. The topological polar surface area (TPSA) is 96.2 Å². The number of hydrogen-bond donors (Lipinski definition) is 4. The van der Waals surface area contributed by atoms with Crippen LogP contribution < -0.4 is 21.7 Å². The van der Waals surface area contributed by atoms with Gasteiger partial charge in [-0.1, -0.05) is 12.1 Å². The minimum absolute atomic E-state index is 0.103. The molecule has 3 amide bonds. The number of carbonyl (C=O) groups is 2. The van der Waals surface area contributed by atoms with Crippen LogP contribution in [0.3, 0.4) is 0 Å². The van der Waals surface area contributed by atoms with E-state index in [-0.39, 0.29) is 11.9 Å². The molecule has 2 aromatic rings. The lowest BCUT2D eigenvalue weighted by Crippen LogP contribution is -2.45. The maximum atomic E-state index is 12.7. The van der Waals surface area contributed by atoms with E-state index < -0.39 is 6.03 Å². The van der Waals surface area contributed by atoms with Gasteiger partial charge in [0.15, 0.2) is 0 Å². The number of piperidine rings is 1. The lowest BCUT2D eigenvalue weighted by molar-refractivity contribution is 0.0935. The summed E-state index contributed by atoms with van der Waals surface area (Å²) in [5, 5.41) is 8.88. The summed E-state index contributed by atoms with van der Waals surface area (Å²) in [6, 6.07) is 9.21. The lowest BCUT2D eigenvalue weighted by Gasteiger charge is -2.23. The predicted molar refractivity (Wildman–Crippen MR) is 109 cm³/mol. The quantitative estimate of drug-likeness (QED) is 0.518. The Hall–Kier alpha value is -1.65. The number of nitrogens with two attached hydrogens (primary N) is 1. The molecule has 132 valence electrons. The van der Waals surface area contributed by atoms with Crippen LogP contribution in [0.25, 0.3) is 10.4 Å². The van der Waals surface area contributed by atoms with Crippen molar-refractivity contribution in [2.24, 2.45) is 5.73 Å². The minimum Gasteiger partial charge on any atom is -0.351 e. The highest BCUT2D eigenvalue weighted by Crippen LogP contribution is 2.35. The van der Waals surface area contributed by atoms with E-state index in [0.29, 0.717) is 10.6 Å². The van der Waals surface area contributed by atoms with Crippen molar-refractivity contribution in [2.45, 2.75) is 18.9 Å². The van der Waals surface area contributed by atoms with Crippen LogP contribution in [0.15, 0.2) is 30.3 Å². The zero-order valence-corrected chi connectivity index (χ0v) is 16.4. The van der Waals surface area contributed by atoms with Gasteiger partial charge in [-0.3, -0.25) is 4.79 Å². The maximum absolute atomic E-state index is 12.7. The summed E-state index contributed by atoms with van der Waals surface area (Å²) < 4.78 is 1.10. The summed E-state index contributed by atoms with van der Waals surface area (Å²) in [6.07, 6.45) is 1.99. The normalized spacial score (nSPS) is 17.1. The number of thiophene rings is 1. The molecule has 1 aliphatic rings. The molecule has 3 rings (SSSR count). The first-order valence-electron chi connectivity index (χ1n) is 8.01. The Balaban J connectivity index is 1.87. The number of anilines is 1. The molecule has 5 N–H and O–H groups in total. The molecule has 1 aromatic carbocycles. The molecule has 1 atom stereocenters. The van der Waals surface area contributed by atoms with E-state index in [2.05, 4.69) is 38.5 Å². The van der Waals surface area contributed by atoms with Crippen molar-refractivity contribution in [2.75, 3.05) is 18.4 Å². The summed E-state index contributed by atoms with van der Waals surface area (Å²) in [6.45, 7) is 1.75. The van der Waals surface area contributed by atoms with Crippen LogP contribution in [0.5, 0.6) is 0 Å². The van der Waals surface area contributed by atoms with Crippen molar-refractivity contribution in [3.8, 4) is 10.4 Å². The first-order chi connectivity index (χ1) is 12.0. The second kappa shape index (κ2) is 8.15. The predicted octanol–water partition coefficient (Wildman–Crippen LogP) is 2.99. The van der Waals surface area contributed by atoms with Gasteiger partial charge in [-0.05, 0) is 65.7 Å². The molecule has 2 heterocycles. The third-order valence-corrected chi connectivity index (χ3v) is 5.79. The van der Waals surface area contributed by atoms with Crippen molar-refractivity contribution in [1.29, 1.82) is 0 Å². The average Bonchev–Trinajstić information content (AvgIpc) is 2.99. The van der Waals surface area contributed by atoms with Gasteiger partial charge in [0.25, 0.3) is 5.91 Å². The highest BCUT2D eigenvalue weighted by Gasteiger charge is 2.22. The van der Waals surface area contributed by atoms with E-state index in [4.69, 9.17) is 5.73 Å². The number of nitrogens with one attached hydrogen (secondary N) is 3. The van der Waals surface area contributed by atoms with Crippen LogP contribution in [0.4, 0.5) is 10.5 Å². The lowest BCUT2D eigenvalue weighted by atomic mass is 10.1. The molecule has 0 aliphatic carbocycles. The smallest absolute Gasteiger partial charge is 0.316 e. The summed E-state index contributed by atoms with van der Waals surface area (Å²) in [5.41, 5.74) is 6.72. The number of urea groups is 1. The standard InChI is InChI=1S/C17H19IN4O2S/c18-11-4-1-3-10(7-11)14-8-13(22-17(19)24)15(25-14)16(23)21-12-5-2-6-20-9-12/h1,3-4,7-8,12,20H,2,5-6,9H2,(H,21,23)(H3,19,22,24)/t12-/m0/s1. The van der Waals surface area contributed by atoms with E-state index in [0.717, 1.165) is 39.9 Å². The van der Waals surface area contributed by atoms with Crippen LogP contribution in [-0.4, -0.2) is 31.1 Å². The Morgan fingerprint density at radius 2 is 2.16 bits per heavy atom. The van der Waals surface area contributed by atoms with Crippen LogP contribution in [0, 0.1) is 3.57 Å². The fourth-order valence-corrected chi connectivity index (χ4v) is 4.35. The molecular formula is C17H19IN4O2S. The van der Waals surface area contributed by atoms with E-state index >= 15 is 0 Å². The molecule has 8 heteroatoms. The third-order valence-electron chi connectivity index (χ3n) is 3.94. The fourth-order valence-electron chi connectivity index (χ4n) is 2.80.